The number of benzene rings is 1. The van der Waals surface area contributed by atoms with E-state index in [9.17, 15) is 0 Å². The minimum absolute atomic E-state index is 0.142. The SMILES string of the molecule is Cn1c(Cl)cnc1CSc1nnc(-c2ccc(C(C)(C)C)cc2)n1C. The van der Waals surface area contributed by atoms with Gasteiger partial charge in [0, 0.05) is 19.7 Å². The third kappa shape index (κ3) is 3.75. The van der Waals surface area contributed by atoms with Crippen LogP contribution in [0.1, 0.15) is 32.2 Å². The average Bonchev–Trinajstić information content (AvgIpc) is 3.09. The molecule has 2 heterocycles. The van der Waals surface area contributed by atoms with Gasteiger partial charge in [0.25, 0.3) is 0 Å². The van der Waals surface area contributed by atoms with E-state index in [2.05, 4.69) is 60.2 Å². The molecule has 0 N–H and O–H groups in total. The van der Waals surface area contributed by atoms with Crippen LogP contribution in [0, 0.1) is 0 Å². The van der Waals surface area contributed by atoms with Gasteiger partial charge in [-0.15, -0.1) is 10.2 Å². The molecular weight excluding hydrogens is 354 g/mol. The van der Waals surface area contributed by atoms with Gasteiger partial charge in [-0.2, -0.15) is 0 Å². The van der Waals surface area contributed by atoms with Gasteiger partial charge in [-0.3, -0.25) is 0 Å². The molecule has 0 atom stereocenters. The highest BCUT2D eigenvalue weighted by Crippen LogP contribution is 2.28. The van der Waals surface area contributed by atoms with Gasteiger partial charge >= 0.3 is 0 Å². The van der Waals surface area contributed by atoms with Crippen molar-refractivity contribution < 1.29 is 0 Å². The number of imidazole rings is 1. The molecule has 0 bridgehead atoms. The van der Waals surface area contributed by atoms with Crippen LogP contribution in [0.5, 0.6) is 0 Å². The number of thioether (sulfide) groups is 1. The highest BCUT2D eigenvalue weighted by Gasteiger charge is 2.16. The van der Waals surface area contributed by atoms with Crippen LogP contribution in [0.2, 0.25) is 5.15 Å². The summed E-state index contributed by atoms with van der Waals surface area (Å²) in [6.07, 6.45) is 1.66. The highest BCUT2D eigenvalue weighted by atomic mass is 35.5. The predicted octanol–water partition coefficient (Wildman–Crippen LogP) is 4.46. The molecule has 3 rings (SSSR count). The largest absolute Gasteiger partial charge is 0.322 e. The molecule has 5 nitrogen and oxygen atoms in total. The summed E-state index contributed by atoms with van der Waals surface area (Å²) in [5, 5.41) is 10.2. The summed E-state index contributed by atoms with van der Waals surface area (Å²) in [5.41, 5.74) is 2.51. The molecule has 0 aliphatic heterocycles. The van der Waals surface area contributed by atoms with Gasteiger partial charge in [0.15, 0.2) is 11.0 Å². The molecule has 1 aromatic carbocycles. The Morgan fingerprint density at radius 2 is 1.72 bits per heavy atom. The van der Waals surface area contributed by atoms with Crippen LogP contribution in [-0.2, 0) is 25.3 Å². The summed E-state index contributed by atoms with van der Waals surface area (Å²) in [4.78, 5) is 4.31. The van der Waals surface area contributed by atoms with Crippen molar-refractivity contribution in [2.75, 3.05) is 0 Å². The third-order valence-electron chi connectivity index (χ3n) is 4.20. The molecule has 132 valence electrons. The molecule has 0 radical (unpaired) electrons. The van der Waals surface area contributed by atoms with Gasteiger partial charge in [-0.25, -0.2) is 4.98 Å². The van der Waals surface area contributed by atoms with Crippen molar-refractivity contribution in [2.24, 2.45) is 14.1 Å². The summed E-state index contributed by atoms with van der Waals surface area (Å²) < 4.78 is 3.89. The smallest absolute Gasteiger partial charge is 0.191 e. The van der Waals surface area contributed by atoms with E-state index in [-0.39, 0.29) is 5.41 Å². The number of nitrogens with zero attached hydrogens (tertiary/aromatic N) is 5. The molecular formula is C18H22ClN5S. The van der Waals surface area contributed by atoms with E-state index in [4.69, 9.17) is 11.6 Å². The van der Waals surface area contributed by atoms with Crippen LogP contribution in [0.25, 0.3) is 11.4 Å². The number of hydrogen-bond acceptors (Lipinski definition) is 4. The van der Waals surface area contributed by atoms with Gasteiger partial charge in [-0.05, 0) is 11.0 Å². The first-order valence-electron chi connectivity index (χ1n) is 8.06. The molecule has 0 saturated carbocycles. The lowest BCUT2D eigenvalue weighted by molar-refractivity contribution is 0.590. The zero-order valence-corrected chi connectivity index (χ0v) is 16.7. The molecule has 0 unspecified atom stereocenters. The number of hydrogen-bond donors (Lipinski definition) is 0. The second-order valence-electron chi connectivity index (χ2n) is 7.04. The number of halogens is 1. The van der Waals surface area contributed by atoms with E-state index >= 15 is 0 Å². The fraction of sp³-hybridized carbons (Fsp3) is 0.389. The lowest BCUT2D eigenvalue weighted by atomic mass is 9.87. The Morgan fingerprint density at radius 3 is 2.28 bits per heavy atom. The van der Waals surface area contributed by atoms with E-state index in [1.165, 1.54) is 5.56 Å². The fourth-order valence-electron chi connectivity index (χ4n) is 2.50. The topological polar surface area (TPSA) is 48.5 Å². The van der Waals surface area contributed by atoms with Crippen molar-refractivity contribution >= 4 is 23.4 Å². The van der Waals surface area contributed by atoms with Crippen LogP contribution in [-0.4, -0.2) is 24.3 Å². The molecule has 0 aliphatic rings. The van der Waals surface area contributed by atoms with Crippen LogP contribution in [0.3, 0.4) is 0 Å². The highest BCUT2D eigenvalue weighted by molar-refractivity contribution is 7.98. The van der Waals surface area contributed by atoms with Gasteiger partial charge in [0.2, 0.25) is 0 Å². The van der Waals surface area contributed by atoms with Gasteiger partial charge in [-0.1, -0.05) is 68.4 Å². The Kier molecular flexibility index (Phi) is 4.93. The van der Waals surface area contributed by atoms with Crippen molar-refractivity contribution in [2.45, 2.75) is 37.1 Å². The lowest BCUT2D eigenvalue weighted by Crippen LogP contribution is -2.10. The van der Waals surface area contributed by atoms with Crippen molar-refractivity contribution in [1.29, 1.82) is 0 Å². The standard InChI is InChI=1S/C18H22ClN5S/c1-18(2,3)13-8-6-12(7-9-13)16-21-22-17(24(16)5)25-11-15-20-10-14(19)23(15)4/h6-10H,11H2,1-5H3. The van der Waals surface area contributed by atoms with E-state index in [0.29, 0.717) is 10.9 Å². The van der Waals surface area contributed by atoms with Crippen molar-refractivity contribution in [1.82, 2.24) is 24.3 Å². The summed E-state index contributed by atoms with van der Waals surface area (Å²) in [5.74, 6) is 2.47. The van der Waals surface area contributed by atoms with Crippen LogP contribution in [0.15, 0.2) is 35.6 Å². The molecule has 0 aliphatic carbocycles. The summed E-state index contributed by atoms with van der Waals surface area (Å²) in [6, 6.07) is 8.54. The quantitative estimate of drug-likeness (QED) is 0.632. The molecule has 0 spiro atoms. The minimum atomic E-state index is 0.142. The molecule has 7 heteroatoms. The first-order chi connectivity index (χ1) is 11.8. The summed E-state index contributed by atoms with van der Waals surface area (Å²) >= 11 is 7.63. The molecule has 0 saturated heterocycles. The maximum Gasteiger partial charge on any atom is 0.191 e. The second-order valence-corrected chi connectivity index (χ2v) is 8.37. The van der Waals surface area contributed by atoms with E-state index in [0.717, 1.165) is 22.4 Å². The van der Waals surface area contributed by atoms with Crippen LogP contribution >= 0.6 is 23.4 Å². The molecule has 3 aromatic rings. The molecule has 25 heavy (non-hydrogen) atoms. The Bertz CT molecular complexity index is 874. The normalized spacial score (nSPS) is 11.9. The first kappa shape index (κ1) is 18.0. The third-order valence-corrected chi connectivity index (χ3v) is 5.57. The molecule has 0 amide bonds. The molecule has 0 fully saturated rings. The predicted molar refractivity (Wildman–Crippen MR) is 103 cm³/mol. The van der Waals surface area contributed by atoms with E-state index < -0.39 is 0 Å². The maximum absolute atomic E-state index is 6.03. The monoisotopic (exact) mass is 375 g/mol. The zero-order chi connectivity index (χ0) is 18.2. The van der Waals surface area contributed by atoms with Gasteiger partial charge in [0.1, 0.15) is 11.0 Å². The average molecular weight is 376 g/mol. The zero-order valence-electron chi connectivity index (χ0n) is 15.1. The number of rotatable bonds is 4. The fourth-order valence-corrected chi connectivity index (χ4v) is 3.55. The lowest BCUT2D eigenvalue weighted by Gasteiger charge is -2.19. The first-order valence-corrected chi connectivity index (χ1v) is 9.43. The summed E-state index contributed by atoms with van der Waals surface area (Å²) in [7, 11) is 3.89. The Balaban J connectivity index is 1.78. The number of aromatic nitrogens is 5. The van der Waals surface area contributed by atoms with Gasteiger partial charge < -0.3 is 9.13 Å². The summed E-state index contributed by atoms with van der Waals surface area (Å²) in [6.45, 7) is 6.63. The van der Waals surface area contributed by atoms with Crippen molar-refractivity contribution in [3.8, 4) is 11.4 Å². The maximum atomic E-state index is 6.03. The Morgan fingerprint density at radius 1 is 1.04 bits per heavy atom. The van der Waals surface area contributed by atoms with Crippen molar-refractivity contribution in [3.63, 3.8) is 0 Å². The van der Waals surface area contributed by atoms with E-state index in [1.807, 2.05) is 23.2 Å². The second kappa shape index (κ2) is 6.84. The van der Waals surface area contributed by atoms with Crippen molar-refractivity contribution in [3.05, 3.63) is 47.0 Å². The van der Waals surface area contributed by atoms with Crippen LogP contribution in [0.4, 0.5) is 0 Å². The molecule has 2 aromatic heterocycles. The van der Waals surface area contributed by atoms with Gasteiger partial charge in [0.05, 0.1) is 11.9 Å². The Hall–Kier alpha value is -1.79. The van der Waals surface area contributed by atoms with E-state index in [1.54, 1.807) is 18.0 Å². The van der Waals surface area contributed by atoms with Crippen LogP contribution < -0.4 is 0 Å². The minimum Gasteiger partial charge on any atom is -0.322 e. The Labute approximate surface area is 157 Å².